The molecule has 0 aliphatic carbocycles. The molecule has 0 radical (unpaired) electrons. The Morgan fingerprint density at radius 1 is 1.27 bits per heavy atom. The molecule has 1 aromatic rings. The van der Waals surface area contributed by atoms with Gasteiger partial charge in [-0.3, -0.25) is 0 Å². The van der Waals surface area contributed by atoms with E-state index < -0.39 is 12.8 Å². The first kappa shape index (κ1) is 17.7. The zero-order chi connectivity index (χ0) is 16.4. The molecule has 0 aliphatic heterocycles. The highest BCUT2D eigenvalue weighted by molar-refractivity contribution is 5.79. The van der Waals surface area contributed by atoms with Gasteiger partial charge < -0.3 is 15.4 Å². The van der Waals surface area contributed by atoms with Gasteiger partial charge in [-0.15, -0.1) is 6.42 Å². The molecule has 0 aliphatic rings. The number of ether oxygens (including phenoxy) is 1. The van der Waals surface area contributed by atoms with Crippen LogP contribution in [0.15, 0.2) is 29.3 Å². The van der Waals surface area contributed by atoms with Gasteiger partial charge in [0.1, 0.15) is 5.75 Å². The van der Waals surface area contributed by atoms with Gasteiger partial charge in [0.2, 0.25) is 0 Å². The Hall–Kier alpha value is -2.36. The van der Waals surface area contributed by atoms with Crippen LogP contribution in [0.1, 0.15) is 12.5 Å². The number of benzene rings is 1. The van der Waals surface area contributed by atoms with E-state index in [-0.39, 0.29) is 5.75 Å². The van der Waals surface area contributed by atoms with Crippen LogP contribution < -0.4 is 15.4 Å². The van der Waals surface area contributed by atoms with Crippen molar-refractivity contribution in [3.8, 4) is 18.1 Å². The van der Waals surface area contributed by atoms with Gasteiger partial charge in [0.25, 0.3) is 0 Å². The Bertz CT molecular complexity index is 518. The number of aliphatic imine (C=N–C) groups is 1. The fourth-order valence-electron chi connectivity index (χ4n) is 1.50. The van der Waals surface area contributed by atoms with Gasteiger partial charge in [0.05, 0.1) is 13.1 Å². The third kappa shape index (κ3) is 7.43. The molecular formula is C15H18F3N3O. The van der Waals surface area contributed by atoms with Crippen molar-refractivity contribution in [3.63, 3.8) is 0 Å². The topological polar surface area (TPSA) is 45.7 Å². The standard InChI is InChI=1S/C15H18F3N3O/c1-3-9-20-14(19-4-2)21-10-12-5-7-13(8-6-12)22-11-15(16,17)18/h1,5-8H,4,9-11H2,2H3,(H2,19,20,21). The van der Waals surface area contributed by atoms with E-state index in [9.17, 15) is 13.2 Å². The Kier molecular flexibility index (Phi) is 7.09. The van der Waals surface area contributed by atoms with Crippen LogP contribution in [0.5, 0.6) is 5.75 Å². The quantitative estimate of drug-likeness (QED) is 0.481. The first-order valence-electron chi connectivity index (χ1n) is 6.68. The zero-order valence-corrected chi connectivity index (χ0v) is 12.2. The number of hydrogen-bond acceptors (Lipinski definition) is 2. The summed E-state index contributed by atoms with van der Waals surface area (Å²) in [5, 5.41) is 5.97. The fourth-order valence-corrected chi connectivity index (χ4v) is 1.50. The first-order valence-corrected chi connectivity index (χ1v) is 6.68. The highest BCUT2D eigenvalue weighted by Crippen LogP contribution is 2.19. The normalized spacial score (nSPS) is 11.7. The first-order chi connectivity index (χ1) is 10.4. The Morgan fingerprint density at radius 3 is 2.50 bits per heavy atom. The minimum absolute atomic E-state index is 0.169. The van der Waals surface area contributed by atoms with Crippen molar-refractivity contribution in [1.29, 1.82) is 0 Å². The summed E-state index contributed by atoms with van der Waals surface area (Å²) in [6.07, 6.45) is 0.826. The van der Waals surface area contributed by atoms with Gasteiger partial charge in [-0.05, 0) is 24.6 Å². The molecular weight excluding hydrogens is 295 g/mol. The molecule has 0 amide bonds. The fraction of sp³-hybridized carbons (Fsp3) is 0.400. The molecule has 0 spiro atoms. The molecule has 0 heterocycles. The Labute approximate surface area is 127 Å². The minimum Gasteiger partial charge on any atom is -0.484 e. The number of nitrogens with one attached hydrogen (secondary N) is 2. The number of hydrogen-bond donors (Lipinski definition) is 2. The largest absolute Gasteiger partial charge is 0.484 e. The third-order valence-corrected chi connectivity index (χ3v) is 2.45. The smallest absolute Gasteiger partial charge is 0.422 e. The van der Waals surface area contributed by atoms with E-state index in [2.05, 4.69) is 26.3 Å². The Morgan fingerprint density at radius 2 is 1.95 bits per heavy atom. The molecule has 120 valence electrons. The molecule has 0 aromatic heterocycles. The SMILES string of the molecule is C#CCNC(=NCc1ccc(OCC(F)(F)F)cc1)NCC. The maximum Gasteiger partial charge on any atom is 0.422 e. The van der Waals surface area contributed by atoms with Crippen molar-refractivity contribution in [1.82, 2.24) is 10.6 Å². The molecule has 1 aromatic carbocycles. The van der Waals surface area contributed by atoms with E-state index >= 15 is 0 Å². The molecule has 0 unspecified atom stereocenters. The van der Waals surface area contributed by atoms with Gasteiger partial charge in [0.15, 0.2) is 12.6 Å². The second-order valence-electron chi connectivity index (χ2n) is 4.30. The predicted octanol–water partition coefficient (Wildman–Crippen LogP) is 2.32. The number of nitrogens with zero attached hydrogens (tertiary/aromatic N) is 1. The van der Waals surface area contributed by atoms with Gasteiger partial charge in [-0.2, -0.15) is 13.2 Å². The highest BCUT2D eigenvalue weighted by atomic mass is 19.4. The summed E-state index contributed by atoms with van der Waals surface area (Å²) >= 11 is 0. The summed E-state index contributed by atoms with van der Waals surface area (Å²) in [7, 11) is 0. The van der Waals surface area contributed by atoms with Crippen LogP contribution >= 0.6 is 0 Å². The van der Waals surface area contributed by atoms with Crippen molar-refractivity contribution >= 4 is 5.96 Å². The van der Waals surface area contributed by atoms with Crippen LogP contribution in [0.3, 0.4) is 0 Å². The van der Waals surface area contributed by atoms with Crippen LogP contribution in [0.2, 0.25) is 0 Å². The van der Waals surface area contributed by atoms with Crippen LogP contribution in [-0.2, 0) is 6.54 Å². The average Bonchev–Trinajstić information content (AvgIpc) is 2.48. The molecule has 0 atom stereocenters. The molecule has 0 fully saturated rings. The number of rotatable bonds is 6. The van der Waals surface area contributed by atoms with E-state index in [4.69, 9.17) is 6.42 Å². The summed E-state index contributed by atoms with van der Waals surface area (Å²) in [6, 6.07) is 6.30. The van der Waals surface area contributed by atoms with Crippen molar-refractivity contribution in [2.75, 3.05) is 19.7 Å². The lowest BCUT2D eigenvalue weighted by molar-refractivity contribution is -0.153. The molecule has 4 nitrogen and oxygen atoms in total. The monoisotopic (exact) mass is 313 g/mol. The van der Waals surface area contributed by atoms with Crippen LogP contribution in [0.25, 0.3) is 0 Å². The minimum atomic E-state index is -4.34. The van der Waals surface area contributed by atoms with Gasteiger partial charge in [-0.1, -0.05) is 18.1 Å². The maximum atomic E-state index is 12.0. The molecule has 22 heavy (non-hydrogen) atoms. The number of halogens is 3. The van der Waals surface area contributed by atoms with Gasteiger partial charge in [0, 0.05) is 6.54 Å². The van der Waals surface area contributed by atoms with Crippen LogP contribution in [0.4, 0.5) is 13.2 Å². The van der Waals surface area contributed by atoms with Crippen molar-refractivity contribution in [2.45, 2.75) is 19.6 Å². The molecule has 0 saturated heterocycles. The summed E-state index contributed by atoms with van der Waals surface area (Å²) in [6.45, 7) is 2.06. The predicted molar refractivity (Wildman–Crippen MR) is 79.6 cm³/mol. The van der Waals surface area contributed by atoms with Gasteiger partial charge in [-0.25, -0.2) is 4.99 Å². The lowest BCUT2D eigenvalue weighted by Gasteiger charge is -2.10. The average molecular weight is 313 g/mol. The summed E-state index contributed by atoms with van der Waals surface area (Å²) < 4.78 is 40.7. The lowest BCUT2D eigenvalue weighted by atomic mass is 10.2. The van der Waals surface area contributed by atoms with E-state index in [0.29, 0.717) is 25.6 Å². The molecule has 1 rings (SSSR count). The third-order valence-electron chi connectivity index (χ3n) is 2.45. The van der Waals surface area contributed by atoms with E-state index in [1.807, 2.05) is 6.92 Å². The van der Waals surface area contributed by atoms with E-state index in [0.717, 1.165) is 5.56 Å². The number of guanidine groups is 1. The lowest BCUT2D eigenvalue weighted by Crippen LogP contribution is -2.37. The summed E-state index contributed by atoms with van der Waals surface area (Å²) in [4.78, 5) is 4.31. The van der Waals surface area contributed by atoms with Crippen molar-refractivity contribution in [2.24, 2.45) is 4.99 Å². The van der Waals surface area contributed by atoms with Crippen molar-refractivity contribution < 1.29 is 17.9 Å². The second-order valence-corrected chi connectivity index (χ2v) is 4.30. The van der Waals surface area contributed by atoms with Crippen molar-refractivity contribution in [3.05, 3.63) is 29.8 Å². The second kappa shape index (κ2) is 8.82. The van der Waals surface area contributed by atoms with E-state index in [1.54, 1.807) is 12.1 Å². The highest BCUT2D eigenvalue weighted by Gasteiger charge is 2.28. The van der Waals surface area contributed by atoms with Crippen LogP contribution in [-0.4, -0.2) is 31.8 Å². The van der Waals surface area contributed by atoms with E-state index in [1.165, 1.54) is 12.1 Å². The Balaban J connectivity index is 2.57. The summed E-state index contributed by atoms with van der Waals surface area (Å²) in [5.74, 6) is 3.20. The molecule has 0 saturated carbocycles. The maximum absolute atomic E-state index is 12.0. The zero-order valence-electron chi connectivity index (χ0n) is 12.2. The molecule has 2 N–H and O–H groups in total. The number of alkyl halides is 3. The molecule has 7 heteroatoms. The molecule has 0 bridgehead atoms. The number of terminal acetylenes is 1. The van der Waals surface area contributed by atoms with Crippen LogP contribution in [0, 0.1) is 12.3 Å². The summed E-state index contributed by atoms with van der Waals surface area (Å²) in [5.41, 5.74) is 0.845. The van der Waals surface area contributed by atoms with Gasteiger partial charge >= 0.3 is 6.18 Å².